The first kappa shape index (κ1) is 17.2. The maximum absolute atomic E-state index is 12.6. The van der Waals surface area contributed by atoms with E-state index in [2.05, 4.69) is 12.2 Å². The lowest BCUT2D eigenvalue weighted by atomic mass is 9.90. The van der Waals surface area contributed by atoms with Crippen LogP contribution in [0.5, 0.6) is 0 Å². The topological polar surface area (TPSA) is 38.3 Å². The number of aryl methyl sites for hydroxylation is 2. The van der Waals surface area contributed by atoms with Crippen LogP contribution in [0.2, 0.25) is 0 Å². The van der Waals surface area contributed by atoms with Crippen molar-refractivity contribution < 1.29 is 9.53 Å². The zero-order chi connectivity index (χ0) is 16.9. The van der Waals surface area contributed by atoms with Gasteiger partial charge in [0.1, 0.15) is 5.60 Å². The van der Waals surface area contributed by atoms with Crippen LogP contribution in [0.4, 0.5) is 0 Å². The maximum Gasteiger partial charge on any atom is 0.251 e. The SMILES string of the molecule is CCC(CNC(=O)c1cc(C)ccc1C)(OC)c1ccccc1. The van der Waals surface area contributed by atoms with Crippen LogP contribution in [-0.4, -0.2) is 19.6 Å². The minimum atomic E-state index is -0.505. The molecule has 0 aromatic heterocycles. The molecule has 2 aromatic carbocycles. The molecule has 0 aliphatic carbocycles. The second-order valence-electron chi connectivity index (χ2n) is 5.92. The molecule has 2 aromatic rings. The van der Waals surface area contributed by atoms with Crippen molar-refractivity contribution >= 4 is 5.91 Å². The van der Waals surface area contributed by atoms with Gasteiger partial charge in [-0.25, -0.2) is 0 Å². The first-order chi connectivity index (χ1) is 11.0. The summed E-state index contributed by atoms with van der Waals surface area (Å²) < 4.78 is 5.80. The van der Waals surface area contributed by atoms with Crippen LogP contribution in [-0.2, 0) is 10.3 Å². The fraction of sp³-hybridized carbons (Fsp3) is 0.350. The highest BCUT2D eigenvalue weighted by Gasteiger charge is 2.30. The van der Waals surface area contributed by atoms with Gasteiger partial charge in [0.25, 0.3) is 5.91 Å². The maximum atomic E-state index is 12.6. The van der Waals surface area contributed by atoms with Crippen LogP contribution in [0.25, 0.3) is 0 Å². The molecule has 0 radical (unpaired) electrons. The third kappa shape index (κ3) is 3.80. The molecule has 3 nitrogen and oxygen atoms in total. The Hall–Kier alpha value is -2.13. The second-order valence-corrected chi connectivity index (χ2v) is 5.92. The molecule has 0 spiro atoms. The number of rotatable bonds is 6. The van der Waals surface area contributed by atoms with Crippen molar-refractivity contribution in [3.05, 3.63) is 70.8 Å². The lowest BCUT2D eigenvalue weighted by molar-refractivity contribution is -0.0164. The Morgan fingerprint density at radius 2 is 1.83 bits per heavy atom. The molecule has 0 heterocycles. The predicted molar refractivity (Wildman–Crippen MR) is 93.7 cm³/mol. The highest BCUT2D eigenvalue weighted by Crippen LogP contribution is 2.28. The van der Waals surface area contributed by atoms with E-state index in [1.165, 1.54) is 0 Å². The van der Waals surface area contributed by atoms with Crippen molar-refractivity contribution in [3.63, 3.8) is 0 Å². The molecule has 1 atom stereocenters. The number of methoxy groups -OCH3 is 1. The smallest absolute Gasteiger partial charge is 0.251 e. The summed E-state index contributed by atoms with van der Waals surface area (Å²) in [7, 11) is 1.70. The Bertz CT molecular complexity index is 661. The molecule has 1 amide bonds. The van der Waals surface area contributed by atoms with Crippen molar-refractivity contribution in [2.75, 3.05) is 13.7 Å². The Morgan fingerprint density at radius 1 is 1.13 bits per heavy atom. The Labute approximate surface area is 138 Å². The van der Waals surface area contributed by atoms with Crippen LogP contribution in [0, 0.1) is 13.8 Å². The van der Waals surface area contributed by atoms with Crippen LogP contribution in [0.15, 0.2) is 48.5 Å². The lowest BCUT2D eigenvalue weighted by Crippen LogP contribution is -2.42. The Morgan fingerprint density at radius 3 is 2.43 bits per heavy atom. The Balaban J connectivity index is 2.19. The van der Waals surface area contributed by atoms with E-state index in [1.54, 1.807) is 7.11 Å². The number of hydrogen-bond acceptors (Lipinski definition) is 2. The summed E-state index contributed by atoms with van der Waals surface area (Å²) in [6, 6.07) is 16.0. The van der Waals surface area contributed by atoms with Gasteiger partial charge in [-0.15, -0.1) is 0 Å². The fourth-order valence-corrected chi connectivity index (χ4v) is 2.81. The number of amides is 1. The predicted octanol–water partition coefficient (Wildman–Crippen LogP) is 3.99. The average molecular weight is 311 g/mol. The summed E-state index contributed by atoms with van der Waals surface area (Å²) in [5.41, 5.74) is 3.35. The molecule has 122 valence electrons. The molecule has 3 heteroatoms. The van der Waals surface area contributed by atoms with E-state index in [0.717, 1.165) is 28.7 Å². The summed E-state index contributed by atoms with van der Waals surface area (Å²) in [6.07, 6.45) is 0.778. The van der Waals surface area contributed by atoms with Gasteiger partial charge in [0.05, 0.1) is 6.54 Å². The minimum absolute atomic E-state index is 0.0583. The quantitative estimate of drug-likeness (QED) is 0.876. The normalized spacial score (nSPS) is 13.4. The largest absolute Gasteiger partial charge is 0.372 e. The summed E-state index contributed by atoms with van der Waals surface area (Å²) in [6.45, 7) is 6.46. The number of carbonyl (C=O) groups excluding carboxylic acids is 1. The van der Waals surface area contributed by atoms with Gasteiger partial charge in [-0.1, -0.05) is 55.0 Å². The molecular formula is C20H25NO2. The first-order valence-corrected chi connectivity index (χ1v) is 7.98. The van der Waals surface area contributed by atoms with E-state index in [1.807, 2.05) is 62.4 Å². The van der Waals surface area contributed by atoms with Gasteiger partial charge in [0, 0.05) is 12.7 Å². The number of hydrogen-bond donors (Lipinski definition) is 1. The Kier molecular flexibility index (Phi) is 5.56. The molecule has 0 fully saturated rings. The number of benzene rings is 2. The lowest BCUT2D eigenvalue weighted by Gasteiger charge is -2.32. The van der Waals surface area contributed by atoms with Crippen LogP contribution >= 0.6 is 0 Å². The van der Waals surface area contributed by atoms with E-state index >= 15 is 0 Å². The van der Waals surface area contributed by atoms with Crippen molar-refractivity contribution in [2.45, 2.75) is 32.8 Å². The van der Waals surface area contributed by atoms with Gasteiger partial charge in [0.15, 0.2) is 0 Å². The number of ether oxygens (including phenoxy) is 1. The molecule has 0 saturated heterocycles. The zero-order valence-electron chi connectivity index (χ0n) is 14.3. The fourth-order valence-electron chi connectivity index (χ4n) is 2.81. The van der Waals surface area contributed by atoms with Gasteiger partial charge in [-0.2, -0.15) is 0 Å². The molecule has 1 N–H and O–H groups in total. The standard InChI is InChI=1S/C20H25NO2/c1-5-20(23-4,17-9-7-6-8-10-17)14-21-19(22)18-13-15(2)11-12-16(18)3/h6-13H,5,14H2,1-4H3,(H,21,22). The summed E-state index contributed by atoms with van der Waals surface area (Å²) in [5, 5.41) is 3.04. The second kappa shape index (κ2) is 7.42. The van der Waals surface area contributed by atoms with E-state index in [-0.39, 0.29) is 5.91 Å². The molecule has 0 bridgehead atoms. The van der Waals surface area contributed by atoms with E-state index in [9.17, 15) is 4.79 Å². The summed E-state index contributed by atoms with van der Waals surface area (Å²) >= 11 is 0. The monoisotopic (exact) mass is 311 g/mol. The molecule has 0 aliphatic rings. The van der Waals surface area contributed by atoms with Crippen LogP contribution in [0.3, 0.4) is 0 Å². The molecular weight excluding hydrogens is 286 g/mol. The van der Waals surface area contributed by atoms with Gasteiger partial charge in [0.2, 0.25) is 0 Å². The molecule has 23 heavy (non-hydrogen) atoms. The van der Waals surface area contributed by atoms with Crippen molar-refractivity contribution in [2.24, 2.45) is 0 Å². The molecule has 1 unspecified atom stereocenters. The van der Waals surface area contributed by atoms with Crippen molar-refractivity contribution in [1.29, 1.82) is 0 Å². The third-order valence-corrected chi connectivity index (χ3v) is 4.43. The van der Waals surface area contributed by atoms with E-state index in [4.69, 9.17) is 4.74 Å². The van der Waals surface area contributed by atoms with Gasteiger partial charge in [-0.3, -0.25) is 4.79 Å². The molecule has 0 aliphatic heterocycles. The highest BCUT2D eigenvalue weighted by atomic mass is 16.5. The van der Waals surface area contributed by atoms with Crippen molar-refractivity contribution in [3.8, 4) is 0 Å². The summed E-state index contributed by atoms with van der Waals surface area (Å²) in [5.74, 6) is -0.0583. The van der Waals surface area contributed by atoms with Crippen molar-refractivity contribution in [1.82, 2.24) is 5.32 Å². The molecule has 0 saturated carbocycles. The van der Waals surface area contributed by atoms with Gasteiger partial charge >= 0.3 is 0 Å². The highest BCUT2D eigenvalue weighted by molar-refractivity contribution is 5.95. The third-order valence-electron chi connectivity index (χ3n) is 4.43. The van der Waals surface area contributed by atoms with Gasteiger partial charge < -0.3 is 10.1 Å². The summed E-state index contributed by atoms with van der Waals surface area (Å²) in [4.78, 5) is 12.6. The van der Waals surface area contributed by atoms with Crippen LogP contribution < -0.4 is 5.32 Å². The van der Waals surface area contributed by atoms with E-state index < -0.39 is 5.60 Å². The number of nitrogens with one attached hydrogen (secondary N) is 1. The average Bonchev–Trinajstić information content (AvgIpc) is 2.59. The van der Waals surface area contributed by atoms with E-state index in [0.29, 0.717) is 6.54 Å². The minimum Gasteiger partial charge on any atom is -0.372 e. The molecule has 2 rings (SSSR count). The van der Waals surface area contributed by atoms with Crippen LogP contribution in [0.1, 0.15) is 40.4 Å². The zero-order valence-corrected chi connectivity index (χ0v) is 14.3. The number of carbonyl (C=O) groups is 1. The van der Waals surface area contributed by atoms with Gasteiger partial charge in [-0.05, 0) is 37.5 Å². The first-order valence-electron chi connectivity index (χ1n) is 7.98.